The highest BCUT2D eigenvalue weighted by Crippen LogP contribution is 2.20. The first-order valence-electron chi connectivity index (χ1n) is 8.07. The number of amides is 2. The highest BCUT2D eigenvalue weighted by molar-refractivity contribution is 7.98. The van der Waals surface area contributed by atoms with Crippen LogP contribution in [-0.2, 0) is 4.79 Å². The third-order valence-electron chi connectivity index (χ3n) is 3.54. The van der Waals surface area contributed by atoms with Crippen molar-refractivity contribution in [3.63, 3.8) is 0 Å². The van der Waals surface area contributed by atoms with Crippen LogP contribution in [0.1, 0.15) is 30.6 Å². The zero-order chi connectivity index (χ0) is 19.9. The molecule has 0 radical (unpaired) electrons. The van der Waals surface area contributed by atoms with Crippen LogP contribution in [0.5, 0.6) is 0 Å². The third kappa shape index (κ3) is 7.36. The van der Waals surface area contributed by atoms with Gasteiger partial charge < -0.3 is 20.7 Å². The van der Waals surface area contributed by atoms with Crippen molar-refractivity contribution in [2.24, 2.45) is 5.92 Å². The number of halogens is 2. The Hall–Kier alpha value is -0.925. The van der Waals surface area contributed by atoms with Gasteiger partial charge in [0.15, 0.2) is 0 Å². The van der Waals surface area contributed by atoms with Gasteiger partial charge in [-0.3, -0.25) is 9.59 Å². The van der Waals surface area contributed by atoms with E-state index in [-0.39, 0.29) is 16.5 Å². The maximum Gasteiger partial charge on any atom is 0.475 e. The van der Waals surface area contributed by atoms with Gasteiger partial charge in [-0.15, -0.1) is 0 Å². The average Bonchev–Trinajstić information content (AvgIpc) is 2.55. The number of nitrogens with one attached hydrogen (secondary N) is 2. The molecule has 6 nitrogen and oxygen atoms in total. The molecule has 0 saturated heterocycles. The molecule has 0 spiro atoms. The molecule has 10 heteroatoms. The lowest BCUT2D eigenvalue weighted by Crippen LogP contribution is -2.55. The van der Waals surface area contributed by atoms with Crippen molar-refractivity contribution in [2.75, 3.05) is 12.0 Å². The van der Waals surface area contributed by atoms with Crippen LogP contribution in [0, 0.1) is 5.92 Å². The topological polar surface area (TPSA) is 98.7 Å². The Labute approximate surface area is 168 Å². The quantitative estimate of drug-likeness (QED) is 0.458. The molecule has 0 aromatic heterocycles. The standard InChI is InChI=1S/C16H23BCl2N2O4S/c1-9(2)6-14(17(24)25)21-16(23)13(8-26-3)20-15(22)11-7-10(18)4-5-12(11)19/h4-5,7,9,13-14,24-25H,6,8H2,1-3H3,(H,20,22)(H,21,23)/t13-,14-/m0/s1. The van der Waals surface area contributed by atoms with Gasteiger partial charge in [0.2, 0.25) is 5.91 Å². The molecule has 0 aliphatic carbocycles. The number of rotatable bonds is 9. The Kier molecular flexibility index (Phi) is 9.82. The number of carbonyl (C=O) groups is 2. The van der Waals surface area contributed by atoms with Crippen molar-refractivity contribution in [2.45, 2.75) is 32.3 Å². The van der Waals surface area contributed by atoms with E-state index < -0.39 is 30.9 Å². The molecule has 1 aromatic carbocycles. The molecule has 0 aliphatic rings. The van der Waals surface area contributed by atoms with Crippen molar-refractivity contribution < 1.29 is 19.6 Å². The summed E-state index contributed by atoms with van der Waals surface area (Å²) < 4.78 is 0. The number of hydrogen-bond acceptors (Lipinski definition) is 5. The minimum Gasteiger partial charge on any atom is -0.426 e. The van der Waals surface area contributed by atoms with Crippen LogP contribution in [0.3, 0.4) is 0 Å². The van der Waals surface area contributed by atoms with Crippen molar-refractivity contribution in [1.29, 1.82) is 0 Å². The summed E-state index contributed by atoms with van der Waals surface area (Å²) in [4.78, 5) is 25.0. The summed E-state index contributed by atoms with van der Waals surface area (Å²) in [5.41, 5.74) is 0.166. The maximum absolute atomic E-state index is 12.5. The van der Waals surface area contributed by atoms with E-state index >= 15 is 0 Å². The molecular formula is C16H23BCl2N2O4S. The van der Waals surface area contributed by atoms with E-state index in [9.17, 15) is 19.6 Å². The van der Waals surface area contributed by atoms with Gasteiger partial charge in [-0.25, -0.2) is 0 Å². The molecule has 1 aromatic rings. The molecule has 2 amide bonds. The zero-order valence-corrected chi connectivity index (χ0v) is 17.2. The van der Waals surface area contributed by atoms with Crippen LogP contribution in [0.25, 0.3) is 0 Å². The fraction of sp³-hybridized carbons (Fsp3) is 0.500. The lowest BCUT2D eigenvalue weighted by atomic mass is 9.75. The van der Waals surface area contributed by atoms with E-state index in [2.05, 4.69) is 10.6 Å². The first-order chi connectivity index (χ1) is 12.1. The second kappa shape index (κ2) is 11.0. The average molecular weight is 421 g/mol. The molecule has 2 atom stereocenters. The summed E-state index contributed by atoms with van der Waals surface area (Å²) in [7, 11) is -1.69. The summed E-state index contributed by atoms with van der Waals surface area (Å²) in [6.45, 7) is 3.81. The van der Waals surface area contributed by atoms with Gasteiger partial charge in [-0.1, -0.05) is 37.0 Å². The monoisotopic (exact) mass is 420 g/mol. The number of carbonyl (C=O) groups excluding carboxylic acids is 2. The van der Waals surface area contributed by atoms with E-state index in [0.29, 0.717) is 17.2 Å². The van der Waals surface area contributed by atoms with E-state index in [1.54, 1.807) is 12.3 Å². The molecule has 0 fully saturated rings. The Bertz CT molecular complexity index is 634. The minimum atomic E-state index is -1.69. The molecule has 0 aliphatic heterocycles. The van der Waals surface area contributed by atoms with Crippen molar-refractivity contribution in [3.05, 3.63) is 33.8 Å². The fourth-order valence-electron chi connectivity index (χ4n) is 2.30. The fourth-order valence-corrected chi connectivity index (χ4v) is 3.25. The van der Waals surface area contributed by atoms with Crippen LogP contribution < -0.4 is 10.6 Å². The summed E-state index contributed by atoms with van der Waals surface area (Å²) in [6, 6.07) is 3.63. The third-order valence-corrected chi connectivity index (χ3v) is 4.77. The smallest absolute Gasteiger partial charge is 0.426 e. The van der Waals surface area contributed by atoms with Gasteiger partial charge in [-0.2, -0.15) is 11.8 Å². The number of thioether (sulfide) groups is 1. The normalized spacial score (nSPS) is 13.2. The first-order valence-corrected chi connectivity index (χ1v) is 10.2. The molecule has 0 saturated carbocycles. The van der Waals surface area contributed by atoms with Gasteiger partial charge in [0, 0.05) is 10.8 Å². The van der Waals surface area contributed by atoms with Gasteiger partial charge in [0.05, 0.1) is 16.5 Å². The zero-order valence-electron chi connectivity index (χ0n) is 14.8. The SMILES string of the molecule is CSC[C@H](NC(=O)c1cc(Cl)ccc1Cl)C(=O)N[C@@H](CC(C)C)B(O)O. The van der Waals surface area contributed by atoms with Crippen molar-refractivity contribution >= 4 is 53.9 Å². The highest BCUT2D eigenvalue weighted by Gasteiger charge is 2.30. The lowest BCUT2D eigenvalue weighted by molar-refractivity contribution is -0.122. The summed E-state index contributed by atoms with van der Waals surface area (Å²) in [5, 5.41) is 24.7. The van der Waals surface area contributed by atoms with Gasteiger partial charge in [-0.05, 0) is 36.8 Å². The minimum absolute atomic E-state index is 0.154. The predicted octanol–water partition coefficient (Wildman–Crippen LogP) is 2.00. The van der Waals surface area contributed by atoms with Crippen LogP contribution in [0.15, 0.2) is 18.2 Å². The van der Waals surface area contributed by atoms with E-state index in [1.165, 1.54) is 23.9 Å². The molecule has 0 unspecified atom stereocenters. The molecule has 0 bridgehead atoms. The Morgan fingerprint density at radius 3 is 2.42 bits per heavy atom. The largest absolute Gasteiger partial charge is 0.475 e. The van der Waals surface area contributed by atoms with E-state index in [4.69, 9.17) is 23.2 Å². The summed E-state index contributed by atoms with van der Waals surface area (Å²) in [5.74, 6) is -1.38. The van der Waals surface area contributed by atoms with Gasteiger partial charge in [0.1, 0.15) is 6.04 Å². The van der Waals surface area contributed by atoms with Crippen LogP contribution >= 0.6 is 35.0 Å². The van der Waals surface area contributed by atoms with Crippen molar-refractivity contribution in [3.8, 4) is 0 Å². The van der Waals surface area contributed by atoms with Crippen LogP contribution in [0.2, 0.25) is 10.0 Å². The second-order valence-corrected chi connectivity index (χ2v) is 8.02. The molecule has 1 rings (SSSR count). The van der Waals surface area contributed by atoms with Crippen LogP contribution in [0.4, 0.5) is 0 Å². The van der Waals surface area contributed by atoms with E-state index in [1.807, 2.05) is 13.8 Å². The molecule has 26 heavy (non-hydrogen) atoms. The summed E-state index contributed by atoms with van der Waals surface area (Å²) in [6.07, 6.45) is 2.19. The molecule has 144 valence electrons. The second-order valence-electron chi connectivity index (χ2n) is 6.26. The lowest BCUT2D eigenvalue weighted by Gasteiger charge is -2.24. The number of benzene rings is 1. The maximum atomic E-state index is 12.5. The van der Waals surface area contributed by atoms with Gasteiger partial charge >= 0.3 is 7.12 Å². The van der Waals surface area contributed by atoms with Crippen molar-refractivity contribution in [1.82, 2.24) is 10.6 Å². The number of hydrogen-bond donors (Lipinski definition) is 4. The highest BCUT2D eigenvalue weighted by atomic mass is 35.5. The first kappa shape index (κ1) is 23.1. The van der Waals surface area contributed by atoms with Gasteiger partial charge in [0.25, 0.3) is 5.91 Å². The van der Waals surface area contributed by atoms with E-state index in [0.717, 1.165) is 0 Å². The molecule has 0 heterocycles. The summed E-state index contributed by atoms with van der Waals surface area (Å²) >= 11 is 13.3. The Morgan fingerprint density at radius 2 is 1.88 bits per heavy atom. The molecular weight excluding hydrogens is 398 g/mol. The predicted molar refractivity (Wildman–Crippen MR) is 108 cm³/mol. The Morgan fingerprint density at radius 1 is 1.23 bits per heavy atom. The molecule has 4 N–H and O–H groups in total. The van der Waals surface area contributed by atoms with Crippen LogP contribution in [-0.4, -0.2) is 53.0 Å². The Balaban J connectivity index is 2.88.